The minimum atomic E-state index is -0.0533. The fraction of sp³-hybridized carbons (Fsp3) is 0.150. The third kappa shape index (κ3) is 4.93. The zero-order valence-electron chi connectivity index (χ0n) is 14.5. The van der Waals surface area contributed by atoms with Crippen LogP contribution in [0.25, 0.3) is 11.3 Å². The van der Waals surface area contributed by atoms with Crippen molar-refractivity contribution in [1.82, 2.24) is 10.2 Å². The second-order valence-corrected chi connectivity index (χ2v) is 7.83. The first-order chi connectivity index (χ1) is 12.5. The largest absolute Gasteiger partial charge is 0.325 e. The van der Waals surface area contributed by atoms with Gasteiger partial charge in [-0.15, -0.1) is 10.2 Å². The maximum Gasteiger partial charge on any atom is 0.234 e. The highest BCUT2D eigenvalue weighted by Gasteiger charge is 2.08. The van der Waals surface area contributed by atoms with E-state index in [9.17, 15) is 4.79 Å². The monoisotopic (exact) mass is 427 g/mol. The van der Waals surface area contributed by atoms with Crippen LogP contribution in [0.2, 0.25) is 0 Å². The van der Waals surface area contributed by atoms with Crippen molar-refractivity contribution in [1.29, 1.82) is 0 Å². The Labute approximate surface area is 165 Å². The molecule has 0 atom stereocenters. The number of thioether (sulfide) groups is 1. The molecule has 0 aliphatic heterocycles. The van der Waals surface area contributed by atoms with Gasteiger partial charge in [-0.3, -0.25) is 4.79 Å². The Hall–Kier alpha value is -2.18. The number of hydrogen-bond acceptors (Lipinski definition) is 4. The molecule has 0 radical (unpaired) electrons. The van der Waals surface area contributed by atoms with Crippen molar-refractivity contribution in [2.75, 3.05) is 11.1 Å². The number of carbonyl (C=O) groups excluding carboxylic acids is 1. The van der Waals surface area contributed by atoms with Gasteiger partial charge in [0.05, 0.1) is 11.4 Å². The average molecular weight is 428 g/mol. The van der Waals surface area contributed by atoms with Crippen molar-refractivity contribution in [3.8, 4) is 11.3 Å². The van der Waals surface area contributed by atoms with Crippen LogP contribution in [0.5, 0.6) is 0 Å². The summed E-state index contributed by atoms with van der Waals surface area (Å²) in [5.74, 6) is 0.238. The van der Waals surface area contributed by atoms with E-state index in [1.807, 2.05) is 68.4 Å². The average Bonchev–Trinajstić information content (AvgIpc) is 2.64. The first-order valence-corrected chi connectivity index (χ1v) is 9.89. The minimum absolute atomic E-state index is 0.0533. The number of hydrogen-bond donors (Lipinski definition) is 1. The first kappa shape index (κ1) is 18.6. The number of benzene rings is 2. The summed E-state index contributed by atoms with van der Waals surface area (Å²) < 4.78 is 1.02. The van der Waals surface area contributed by atoms with Crippen molar-refractivity contribution in [3.05, 3.63) is 70.2 Å². The maximum atomic E-state index is 12.2. The van der Waals surface area contributed by atoms with E-state index < -0.39 is 0 Å². The van der Waals surface area contributed by atoms with E-state index in [0.29, 0.717) is 5.75 Å². The molecule has 0 spiro atoms. The highest BCUT2D eigenvalue weighted by atomic mass is 79.9. The Bertz CT molecular complexity index is 911. The van der Waals surface area contributed by atoms with E-state index in [-0.39, 0.29) is 5.91 Å². The highest BCUT2D eigenvalue weighted by Crippen LogP contribution is 2.22. The molecule has 3 rings (SSSR count). The molecule has 2 aromatic carbocycles. The van der Waals surface area contributed by atoms with Crippen LogP contribution in [-0.2, 0) is 4.79 Å². The van der Waals surface area contributed by atoms with Gasteiger partial charge >= 0.3 is 0 Å². The summed E-state index contributed by atoms with van der Waals surface area (Å²) >= 11 is 4.79. The lowest BCUT2D eigenvalue weighted by molar-refractivity contribution is -0.113. The number of nitrogens with one attached hydrogen (secondary N) is 1. The van der Waals surface area contributed by atoms with Crippen LogP contribution in [0.1, 0.15) is 11.1 Å². The van der Waals surface area contributed by atoms with Gasteiger partial charge in [-0.25, -0.2) is 0 Å². The maximum absolute atomic E-state index is 12.2. The first-order valence-electron chi connectivity index (χ1n) is 8.11. The zero-order valence-corrected chi connectivity index (χ0v) is 16.9. The van der Waals surface area contributed by atoms with E-state index in [4.69, 9.17) is 0 Å². The van der Waals surface area contributed by atoms with E-state index in [1.165, 1.54) is 11.8 Å². The standard InChI is InChI=1S/C20H18BrN3OS/c1-13-3-4-14(2)18(11-13)22-19(25)12-26-20-10-9-17(23-24-20)15-5-7-16(21)8-6-15/h3-11H,12H2,1-2H3,(H,22,25). The smallest absolute Gasteiger partial charge is 0.234 e. The lowest BCUT2D eigenvalue weighted by atomic mass is 10.1. The molecule has 1 aromatic heterocycles. The molecule has 4 nitrogen and oxygen atoms in total. The highest BCUT2D eigenvalue weighted by molar-refractivity contribution is 9.10. The Morgan fingerprint density at radius 1 is 1.04 bits per heavy atom. The number of anilines is 1. The lowest BCUT2D eigenvalue weighted by Gasteiger charge is -2.09. The van der Waals surface area contributed by atoms with Crippen LogP contribution in [0.15, 0.2) is 64.1 Å². The predicted molar refractivity (Wildman–Crippen MR) is 110 cm³/mol. The van der Waals surface area contributed by atoms with Gasteiger partial charge in [0.2, 0.25) is 5.91 Å². The SMILES string of the molecule is Cc1ccc(C)c(NC(=O)CSc2ccc(-c3ccc(Br)cc3)nn2)c1. The molecule has 0 saturated heterocycles. The normalized spacial score (nSPS) is 10.6. The molecule has 0 aliphatic carbocycles. The van der Waals surface area contributed by atoms with Crippen LogP contribution >= 0.6 is 27.7 Å². The number of rotatable bonds is 5. The van der Waals surface area contributed by atoms with Crippen molar-refractivity contribution < 1.29 is 4.79 Å². The fourth-order valence-corrected chi connectivity index (χ4v) is 3.25. The lowest BCUT2D eigenvalue weighted by Crippen LogP contribution is -2.15. The molecule has 26 heavy (non-hydrogen) atoms. The molecule has 0 fully saturated rings. The van der Waals surface area contributed by atoms with Gasteiger partial charge in [0.15, 0.2) is 0 Å². The molecule has 1 heterocycles. The number of nitrogens with zero attached hydrogens (tertiary/aromatic N) is 2. The molecular weight excluding hydrogens is 410 g/mol. The van der Waals surface area contributed by atoms with Crippen LogP contribution in [0, 0.1) is 13.8 Å². The van der Waals surface area contributed by atoms with Gasteiger partial charge in [-0.2, -0.15) is 0 Å². The second kappa shape index (κ2) is 8.47. The molecule has 0 unspecified atom stereocenters. The Balaban J connectivity index is 1.58. The number of carbonyl (C=O) groups is 1. The van der Waals surface area contributed by atoms with Crippen molar-refractivity contribution >= 4 is 39.3 Å². The molecule has 0 saturated carbocycles. The zero-order chi connectivity index (χ0) is 18.5. The quantitative estimate of drug-likeness (QED) is 0.564. The van der Waals surface area contributed by atoms with Gasteiger partial charge in [-0.1, -0.05) is 52.0 Å². The number of aromatic nitrogens is 2. The van der Waals surface area contributed by atoms with Gasteiger partial charge < -0.3 is 5.32 Å². The van der Waals surface area contributed by atoms with Gasteiger partial charge in [0.1, 0.15) is 5.03 Å². The fourth-order valence-electron chi connectivity index (χ4n) is 2.37. The summed E-state index contributed by atoms with van der Waals surface area (Å²) in [4.78, 5) is 12.2. The molecule has 6 heteroatoms. The molecule has 0 aliphatic rings. The summed E-state index contributed by atoms with van der Waals surface area (Å²) in [5.41, 5.74) is 4.83. The van der Waals surface area contributed by atoms with Crippen molar-refractivity contribution in [2.45, 2.75) is 18.9 Å². The van der Waals surface area contributed by atoms with Gasteiger partial charge in [0.25, 0.3) is 0 Å². The molecule has 0 bridgehead atoms. The summed E-state index contributed by atoms with van der Waals surface area (Å²) in [6, 6.07) is 17.7. The van der Waals surface area contributed by atoms with Crippen LogP contribution in [0.4, 0.5) is 5.69 Å². The van der Waals surface area contributed by atoms with E-state index >= 15 is 0 Å². The summed E-state index contributed by atoms with van der Waals surface area (Å²) in [6.45, 7) is 3.99. The topological polar surface area (TPSA) is 54.9 Å². The summed E-state index contributed by atoms with van der Waals surface area (Å²) in [7, 11) is 0. The summed E-state index contributed by atoms with van der Waals surface area (Å²) in [5, 5.41) is 12.1. The predicted octanol–water partition coefficient (Wildman–Crippen LogP) is 5.25. The molecule has 3 aromatic rings. The van der Waals surface area contributed by atoms with Crippen molar-refractivity contribution in [3.63, 3.8) is 0 Å². The van der Waals surface area contributed by atoms with Crippen LogP contribution in [0.3, 0.4) is 0 Å². The minimum Gasteiger partial charge on any atom is -0.325 e. The Kier molecular flexibility index (Phi) is 6.06. The third-order valence-corrected chi connectivity index (χ3v) is 5.25. The second-order valence-electron chi connectivity index (χ2n) is 5.92. The number of amides is 1. The molecular formula is C20H18BrN3OS. The Morgan fingerprint density at radius 2 is 1.81 bits per heavy atom. The third-order valence-electron chi connectivity index (χ3n) is 3.80. The Morgan fingerprint density at radius 3 is 2.50 bits per heavy atom. The van der Waals surface area contributed by atoms with Gasteiger partial charge in [-0.05, 0) is 55.3 Å². The molecule has 1 N–H and O–H groups in total. The van der Waals surface area contributed by atoms with E-state index in [2.05, 4.69) is 31.4 Å². The van der Waals surface area contributed by atoms with Crippen molar-refractivity contribution in [2.24, 2.45) is 0 Å². The van der Waals surface area contributed by atoms with Gasteiger partial charge in [0, 0.05) is 15.7 Å². The molecule has 1 amide bonds. The van der Waals surface area contributed by atoms with Crippen LogP contribution in [-0.4, -0.2) is 21.9 Å². The number of aryl methyl sites for hydroxylation is 2. The van der Waals surface area contributed by atoms with E-state index in [1.54, 1.807) is 0 Å². The number of halogens is 1. The van der Waals surface area contributed by atoms with Crippen LogP contribution < -0.4 is 5.32 Å². The van der Waals surface area contributed by atoms with E-state index in [0.717, 1.165) is 37.6 Å². The molecule has 132 valence electrons. The summed E-state index contributed by atoms with van der Waals surface area (Å²) in [6.07, 6.45) is 0.